The molecule has 5 nitrogen and oxygen atoms in total. The van der Waals surface area contributed by atoms with E-state index in [0.717, 1.165) is 38.6 Å². The average molecular weight is 466 g/mol. The molecule has 0 bridgehead atoms. The Morgan fingerprint density at radius 1 is 0.514 bits per heavy atom. The lowest BCUT2D eigenvalue weighted by atomic mass is 10.0. The number of fused-ring (bicyclic) bond motifs is 2. The summed E-state index contributed by atoms with van der Waals surface area (Å²) >= 11 is 0. The normalized spacial score (nSPS) is 11.0. The first-order chi connectivity index (χ1) is 17.3. The van der Waals surface area contributed by atoms with Crippen molar-refractivity contribution in [2.75, 3.05) is 32.7 Å². The van der Waals surface area contributed by atoms with Crippen LogP contribution in [0, 0.1) is 0 Å². The SMILES string of the molecule is COCOc1ccc2ccccc2c1N(c1ccccc1)c1c(OCOC)ccc2ccccc12. The lowest BCUT2D eigenvalue weighted by Gasteiger charge is -2.31. The lowest BCUT2D eigenvalue weighted by Crippen LogP contribution is -2.15. The molecule has 0 aromatic heterocycles. The van der Waals surface area contributed by atoms with Crippen LogP contribution in [-0.4, -0.2) is 27.8 Å². The topological polar surface area (TPSA) is 40.2 Å². The molecule has 5 rings (SSSR count). The Labute approximate surface area is 205 Å². The van der Waals surface area contributed by atoms with Crippen molar-refractivity contribution in [1.82, 2.24) is 0 Å². The number of hydrogen-bond acceptors (Lipinski definition) is 5. The zero-order valence-corrected chi connectivity index (χ0v) is 19.8. The van der Waals surface area contributed by atoms with Crippen molar-refractivity contribution in [3.63, 3.8) is 0 Å². The zero-order chi connectivity index (χ0) is 24.0. The van der Waals surface area contributed by atoms with Gasteiger partial charge in [-0.3, -0.25) is 0 Å². The van der Waals surface area contributed by atoms with Crippen molar-refractivity contribution in [3.05, 3.63) is 103 Å². The summed E-state index contributed by atoms with van der Waals surface area (Å²) in [5.41, 5.74) is 2.79. The van der Waals surface area contributed by atoms with E-state index < -0.39 is 0 Å². The lowest BCUT2D eigenvalue weighted by molar-refractivity contribution is 0.0512. The second-order valence-corrected chi connectivity index (χ2v) is 8.04. The number of hydrogen-bond donors (Lipinski definition) is 0. The summed E-state index contributed by atoms with van der Waals surface area (Å²) in [5, 5.41) is 4.31. The highest BCUT2D eigenvalue weighted by atomic mass is 16.7. The Morgan fingerprint density at radius 3 is 1.46 bits per heavy atom. The van der Waals surface area contributed by atoms with Gasteiger partial charge in [0, 0.05) is 30.7 Å². The first kappa shape index (κ1) is 22.7. The molecule has 0 spiro atoms. The highest BCUT2D eigenvalue weighted by Gasteiger charge is 2.25. The quantitative estimate of drug-likeness (QED) is 0.212. The van der Waals surface area contributed by atoms with Crippen LogP contribution in [0.25, 0.3) is 21.5 Å². The predicted molar refractivity (Wildman–Crippen MR) is 141 cm³/mol. The molecule has 0 aliphatic carbocycles. The van der Waals surface area contributed by atoms with Gasteiger partial charge in [0.1, 0.15) is 11.5 Å². The second-order valence-electron chi connectivity index (χ2n) is 8.04. The van der Waals surface area contributed by atoms with Crippen molar-refractivity contribution < 1.29 is 18.9 Å². The van der Waals surface area contributed by atoms with Crippen LogP contribution < -0.4 is 14.4 Å². The monoisotopic (exact) mass is 465 g/mol. The van der Waals surface area contributed by atoms with Gasteiger partial charge < -0.3 is 23.8 Å². The average Bonchev–Trinajstić information content (AvgIpc) is 2.92. The number of ether oxygens (including phenoxy) is 4. The maximum atomic E-state index is 6.12. The molecule has 0 amide bonds. The first-order valence-electron chi connectivity index (χ1n) is 11.4. The molecule has 5 heteroatoms. The molecule has 176 valence electrons. The number of nitrogens with zero attached hydrogens (tertiary/aromatic N) is 1. The van der Waals surface area contributed by atoms with E-state index in [-0.39, 0.29) is 13.6 Å². The van der Waals surface area contributed by atoms with Crippen molar-refractivity contribution in [3.8, 4) is 11.5 Å². The fourth-order valence-electron chi connectivity index (χ4n) is 4.36. The van der Waals surface area contributed by atoms with Crippen molar-refractivity contribution >= 4 is 38.6 Å². The molecule has 5 aromatic rings. The standard InChI is InChI=1S/C30H27NO4/c1-32-20-34-27-18-16-22-10-6-8-14-25(22)29(27)31(24-12-4-3-5-13-24)30-26-15-9-7-11-23(26)17-19-28(30)35-21-33-2/h3-19H,20-21H2,1-2H3. The van der Waals surface area contributed by atoms with Gasteiger partial charge in [-0.05, 0) is 35.0 Å². The van der Waals surface area contributed by atoms with Crippen LogP contribution in [0.1, 0.15) is 0 Å². The predicted octanol–water partition coefficient (Wildman–Crippen LogP) is 7.43. The van der Waals surface area contributed by atoms with Crippen LogP contribution in [0.2, 0.25) is 0 Å². The zero-order valence-electron chi connectivity index (χ0n) is 19.8. The van der Waals surface area contributed by atoms with E-state index >= 15 is 0 Å². The number of rotatable bonds is 9. The Hall–Kier alpha value is -4.06. The highest BCUT2D eigenvalue weighted by Crippen LogP contribution is 2.50. The van der Waals surface area contributed by atoms with E-state index in [1.165, 1.54) is 0 Å². The summed E-state index contributed by atoms with van der Waals surface area (Å²) < 4.78 is 22.8. The molecule has 35 heavy (non-hydrogen) atoms. The summed E-state index contributed by atoms with van der Waals surface area (Å²) in [6, 6.07) is 35.0. The van der Waals surface area contributed by atoms with Gasteiger partial charge in [-0.25, -0.2) is 0 Å². The minimum atomic E-state index is 0.135. The first-order valence-corrected chi connectivity index (χ1v) is 11.4. The molecule has 0 aliphatic heterocycles. The summed E-state index contributed by atoms with van der Waals surface area (Å²) in [7, 11) is 3.24. The van der Waals surface area contributed by atoms with E-state index in [1.807, 2.05) is 54.6 Å². The number of anilines is 3. The molecule has 0 saturated heterocycles. The summed E-state index contributed by atoms with van der Waals surface area (Å²) in [6.45, 7) is 0.271. The van der Waals surface area contributed by atoms with Crippen LogP contribution in [0.4, 0.5) is 17.1 Å². The molecule has 0 aliphatic rings. The Morgan fingerprint density at radius 2 is 0.971 bits per heavy atom. The van der Waals surface area contributed by atoms with Crippen LogP contribution >= 0.6 is 0 Å². The van der Waals surface area contributed by atoms with Gasteiger partial charge in [0.25, 0.3) is 0 Å². The highest BCUT2D eigenvalue weighted by molar-refractivity contribution is 6.08. The van der Waals surface area contributed by atoms with Crippen molar-refractivity contribution in [2.45, 2.75) is 0 Å². The smallest absolute Gasteiger partial charge is 0.188 e. The van der Waals surface area contributed by atoms with Gasteiger partial charge in [-0.15, -0.1) is 0 Å². The molecule has 0 unspecified atom stereocenters. The molecule has 5 aromatic carbocycles. The van der Waals surface area contributed by atoms with Crippen LogP contribution in [-0.2, 0) is 9.47 Å². The number of para-hydroxylation sites is 1. The molecule has 0 radical (unpaired) electrons. The number of methoxy groups -OCH3 is 2. The maximum absolute atomic E-state index is 6.12. The van der Waals surface area contributed by atoms with Gasteiger partial charge in [-0.1, -0.05) is 78.9 Å². The molecule has 0 fully saturated rings. The summed E-state index contributed by atoms with van der Waals surface area (Å²) in [5.74, 6) is 1.42. The van der Waals surface area contributed by atoms with E-state index in [2.05, 4.69) is 53.4 Å². The maximum Gasteiger partial charge on any atom is 0.188 e. The van der Waals surface area contributed by atoms with Gasteiger partial charge in [-0.2, -0.15) is 0 Å². The minimum Gasteiger partial charge on any atom is -0.465 e. The molecule has 0 N–H and O–H groups in total. The molecular weight excluding hydrogens is 438 g/mol. The van der Waals surface area contributed by atoms with E-state index in [9.17, 15) is 0 Å². The molecule has 0 atom stereocenters. The van der Waals surface area contributed by atoms with Gasteiger partial charge >= 0.3 is 0 Å². The van der Waals surface area contributed by atoms with Crippen molar-refractivity contribution in [1.29, 1.82) is 0 Å². The third-order valence-corrected chi connectivity index (χ3v) is 5.85. The third-order valence-electron chi connectivity index (χ3n) is 5.85. The second kappa shape index (κ2) is 10.5. The minimum absolute atomic E-state index is 0.135. The van der Waals surface area contributed by atoms with Crippen molar-refractivity contribution in [2.24, 2.45) is 0 Å². The van der Waals surface area contributed by atoms with Crippen LogP contribution in [0.3, 0.4) is 0 Å². The Kier molecular flexibility index (Phi) is 6.80. The van der Waals surface area contributed by atoms with Crippen LogP contribution in [0.15, 0.2) is 103 Å². The van der Waals surface area contributed by atoms with E-state index in [4.69, 9.17) is 18.9 Å². The largest absolute Gasteiger partial charge is 0.465 e. The fraction of sp³-hybridized carbons (Fsp3) is 0.133. The molecule has 0 saturated carbocycles. The Balaban J connectivity index is 1.88. The summed E-state index contributed by atoms with van der Waals surface area (Å²) in [4.78, 5) is 2.21. The van der Waals surface area contributed by atoms with Gasteiger partial charge in [0.15, 0.2) is 13.6 Å². The van der Waals surface area contributed by atoms with E-state index in [0.29, 0.717) is 11.5 Å². The third kappa shape index (κ3) is 4.52. The van der Waals surface area contributed by atoms with E-state index in [1.54, 1.807) is 14.2 Å². The van der Waals surface area contributed by atoms with Gasteiger partial charge in [0.05, 0.1) is 11.4 Å². The van der Waals surface area contributed by atoms with Gasteiger partial charge in [0.2, 0.25) is 0 Å². The molecular formula is C30H27NO4. The number of benzene rings is 5. The molecule has 0 heterocycles. The fourth-order valence-corrected chi connectivity index (χ4v) is 4.36. The van der Waals surface area contributed by atoms with Crippen LogP contribution in [0.5, 0.6) is 11.5 Å². The summed E-state index contributed by atoms with van der Waals surface area (Å²) in [6.07, 6.45) is 0. The Bertz CT molecular complexity index is 1340.